The van der Waals surface area contributed by atoms with Gasteiger partial charge in [-0.25, -0.2) is 0 Å². The Kier molecular flexibility index (Phi) is 9.22. The molecule has 0 atom stereocenters. The molecule has 1 aliphatic rings. The maximum absolute atomic E-state index is 6.72. The second-order valence-corrected chi connectivity index (χ2v) is 18.3. The minimum absolute atomic E-state index is 0.797. The Hall–Kier alpha value is -7.40. The third kappa shape index (κ3) is 6.26. The van der Waals surface area contributed by atoms with E-state index in [1.54, 1.807) is 0 Å². The van der Waals surface area contributed by atoms with Gasteiger partial charge in [-0.1, -0.05) is 176 Å². The van der Waals surface area contributed by atoms with Gasteiger partial charge >= 0.3 is 0 Å². The van der Waals surface area contributed by atoms with Gasteiger partial charge in [-0.2, -0.15) is 0 Å². The zero-order valence-corrected chi connectivity index (χ0v) is 32.9. The summed E-state index contributed by atoms with van der Waals surface area (Å²) in [7, 11) is -2.70. The van der Waals surface area contributed by atoms with Crippen molar-refractivity contribution >= 4 is 62.9 Å². The molecule has 0 unspecified atom stereocenters. The molecule has 0 bridgehead atoms. The van der Waals surface area contributed by atoms with Crippen LogP contribution in [0, 0.1) is 0 Å². The smallest absolute Gasteiger partial charge is 0.179 e. The summed E-state index contributed by atoms with van der Waals surface area (Å²) in [6.45, 7) is 0. The Morgan fingerprint density at radius 1 is 0.328 bits per heavy atom. The monoisotopic (exact) mass is 760 g/mol. The SMILES string of the molecule is c1ccc(-c2ccc(N(c3ccc([Si](c4ccccc4)(c4ccccc4)c4ccccc4)cc3)c3ccc4c(c3)Oc3ccccc3N4c3ccccc3)cc2)cc1. The molecule has 9 aromatic rings. The molecule has 0 fully saturated rings. The van der Waals surface area contributed by atoms with Crippen molar-refractivity contribution in [1.82, 2.24) is 0 Å². The number of hydrogen-bond donors (Lipinski definition) is 0. The summed E-state index contributed by atoms with van der Waals surface area (Å²) >= 11 is 0. The van der Waals surface area contributed by atoms with Crippen LogP contribution in [0.3, 0.4) is 0 Å². The van der Waals surface area contributed by atoms with Gasteiger partial charge in [-0.15, -0.1) is 0 Å². The zero-order chi connectivity index (χ0) is 38.7. The molecule has 0 radical (unpaired) electrons. The van der Waals surface area contributed by atoms with E-state index < -0.39 is 8.07 Å². The van der Waals surface area contributed by atoms with Crippen LogP contribution in [0.1, 0.15) is 0 Å². The molecule has 0 saturated heterocycles. The second-order valence-electron chi connectivity index (χ2n) is 14.5. The van der Waals surface area contributed by atoms with Crippen LogP contribution in [0.5, 0.6) is 11.5 Å². The normalized spacial score (nSPS) is 11.9. The van der Waals surface area contributed by atoms with Gasteiger partial charge in [0.05, 0.1) is 11.4 Å². The average Bonchev–Trinajstić information content (AvgIpc) is 3.31. The summed E-state index contributed by atoms with van der Waals surface area (Å²) < 4.78 is 6.72. The van der Waals surface area contributed by atoms with E-state index in [1.807, 2.05) is 12.1 Å². The van der Waals surface area contributed by atoms with Crippen LogP contribution in [0.25, 0.3) is 11.1 Å². The number of benzene rings is 9. The molecule has 3 nitrogen and oxygen atoms in total. The van der Waals surface area contributed by atoms with Crippen LogP contribution in [-0.4, -0.2) is 8.07 Å². The molecule has 58 heavy (non-hydrogen) atoms. The van der Waals surface area contributed by atoms with Crippen molar-refractivity contribution in [2.45, 2.75) is 0 Å². The van der Waals surface area contributed by atoms with E-state index in [2.05, 4.69) is 240 Å². The lowest BCUT2D eigenvalue weighted by Crippen LogP contribution is -2.74. The van der Waals surface area contributed by atoms with Crippen molar-refractivity contribution in [2.24, 2.45) is 0 Å². The second kappa shape index (κ2) is 15.3. The van der Waals surface area contributed by atoms with Gasteiger partial charge in [0, 0.05) is 28.8 Å². The van der Waals surface area contributed by atoms with Crippen molar-refractivity contribution in [2.75, 3.05) is 9.80 Å². The maximum Gasteiger partial charge on any atom is 0.179 e. The number of para-hydroxylation sites is 3. The van der Waals surface area contributed by atoms with Crippen LogP contribution in [0.4, 0.5) is 34.1 Å². The molecule has 0 aromatic heterocycles. The molecule has 0 amide bonds. The highest BCUT2D eigenvalue weighted by Crippen LogP contribution is 2.52. The van der Waals surface area contributed by atoms with Gasteiger partial charge < -0.3 is 14.5 Å². The minimum Gasteiger partial charge on any atom is -0.453 e. The summed E-state index contributed by atoms with van der Waals surface area (Å²) in [5, 5.41) is 5.37. The number of rotatable bonds is 9. The lowest BCUT2D eigenvalue weighted by atomic mass is 10.0. The largest absolute Gasteiger partial charge is 0.453 e. The van der Waals surface area contributed by atoms with Crippen molar-refractivity contribution < 1.29 is 4.74 Å². The van der Waals surface area contributed by atoms with Gasteiger partial charge in [0.25, 0.3) is 0 Å². The van der Waals surface area contributed by atoms with Gasteiger partial charge in [0.2, 0.25) is 0 Å². The quantitative estimate of drug-likeness (QED) is 0.108. The standard InChI is InChI=1S/C54H40N2OSi/c1-6-18-41(19-7-1)42-30-32-44(33-31-42)55(46-36-39-52-54(40-46)57-53-29-17-16-28-51(53)56(52)43-20-8-2-9-21-43)45-34-37-50(38-35-45)58(47-22-10-3-11-23-47,48-24-12-4-13-25-48)49-26-14-5-15-27-49/h1-40H. The van der Waals surface area contributed by atoms with Gasteiger partial charge in [-0.05, 0) is 92.5 Å². The molecular weight excluding hydrogens is 721 g/mol. The lowest BCUT2D eigenvalue weighted by molar-refractivity contribution is 0.477. The number of hydrogen-bond acceptors (Lipinski definition) is 3. The number of fused-ring (bicyclic) bond motifs is 2. The third-order valence-electron chi connectivity index (χ3n) is 11.2. The first-order valence-corrected chi connectivity index (χ1v) is 21.8. The fraction of sp³-hybridized carbons (Fsp3) is 0. The van der Waals surface area contributed by atoms with E-state index in [0.717, 1.165) is 45.6 Å². The first-order chi connectivity index (χ1) is 28.8. The highest BCUT2D eigenvalue weighted by molar-refractivity contribution is 7.19. The summed E-state index contributed by atoms with van der Waals surface area (Å²) in [5.74, 6) is 1.62. The molecule has 0 spiro atoms. The van der Waals surface area contributed by atoms with E-state index in [-0.39, 0.29) is 0 Å². The topological polar surface area (TPSA) is 15.7 Å². The van der Waals surface area contributed by atoms with Crippen LogP contribution in [-0.2, 0) is 0 Å². The highest BCUT2D eigenvalue weighted by atomic mass is 28.3. The summed E-state index contributed by atoms with van der Waals surface area (Å²) in [5.41, 5.74) is 8.57. The van der Waals surface area contributed by atoms with Gasteiger partial charge in [-0.3, -0.25) is 0 Å². The Bertz CT molecular complexity index is 2680. The van der Waals surface area contributed by atoms with Crippen molar-refractivity contribution in [3.05, 3.63) is 243 Å². The van der Waals surface area contributed by atoms with E-state index in [4.69, 9.17) is 4.74 Å². The van der Waals surface area contributed by atoms with E-state index >= 15 is 0 Å². The predicted octanol–water partition coefficient (Wildman–Crippen LogP) is 11.8. The number of anilines is 6. The molecule has 1 aliphatic heterocycles. The minimum atomic E-state index is -2.70. The van der Waals surface area contributed by atoms with Crippen LogP contribution in [0.15, 0.2) is 243 Å². The van der Waals surface area contributed by atoms with E-state index in [0.29, 0.717) is 0 Å². The van der Waals surface area contributed by atoms with Crippen LogP contribution >= 0.6 is 0 Å². The predicted molar refractivity (Wildman–Crippen MR) is 245 cm³/mol. The molecule has 276 valence electrons. The first kappa shape index (κ1) is 35.0. The molecule has 0 aliphatic carbocycles. The van der Waals surface area contributed by atoms with Crippen LogP contribution in [0.2, 0.25) is 0 Å². The van der Waals surface area contributed by atoms with Gasteiger partial charge in [0.1, 0.15) is 0 Å². The molecule has 1 heterocycles. The Labute approximate surface area is 341 Å². The van der Waals surface area contributed by atoms with Crippen molar-refractivity contribution in [3.8, 4) is 22.6 Å². The number of ether oxygens (including phenoxy) is 1. The first-order valence-electron chi connectivity index (χ1n) is 19.8. The Morgan fingerprint density at radius 3 is 1.31 bits per heavy atom. The molecule has 0 saturated carbocycles. The molecule has 0 N–H and O–H groups in total. The van der Waals surface area contributed by atoms with E-state index in [9.17, 15) is 0 Å². The summed E-state index contributed by atoms with van der Waals surface area (Å²) in [4.78, 5) is 4.62. The summed E-state index contributed by atoms with van der Waals surface area (Å²) in [6.07, 6.45) is 0. The Morgan fingerprint density at radius 2 is 0.741 bits per heavy atom. The lowest BCUT2D eigenvalue weighted by Gasteiger charge is -2.35. The Balaban J connectivity index is 1.13. The van der Waals surface area contributed by atoms with Gasteiger partial charge in [0.15, 0.2) is 19.6 Å². The van der Waals surface area contributed by atoms with Crippen molar-refractivity contribution in [3.63, 3.8) is 0 Å². The van der Waals surface area contributed by atoms with Crippen LogP contribution < -0.4 is 35.3 Å². The highest BCUT2D eigenvalue weighted by Gasteiger charge is 2.41. The molecule has 4 heteroatoms. The molecule has 9 aromatic carbocycles. The van der Waals surface area contributed by atoms with E-state index in [1.165, 1.54) is 31.9 Å². The van der Waals surface area contributed by atoms with Crippen molar-refractivity contribution in [1.29, 1.82) is 0 Å². The zero-order valence-electron chi connectivity index (χ0n) is 31.9. The third-order valence-corrected chi connectivity index (χ3v) is 16.0. The fourth-order valence-corrected chi connectivity index (χ4v) is 13.3. The molecule has 10 rings (SSSR count). The molecular formula is C54H40N2OSi. The average molecular weight is 761 g/mol. The maximum atomic E-state index is 6.72. The summed E-state index contributed by atoms with van der Waals surface area (Å²) in [6, 6.07) is 87.3. The number of nitrogens with zero attached hydrogens (tertiary/aromatic N) is 2. The fourth-order valence-electron chi connectivity index (χ4n) is 8.55.